The zero-order valence-electron chi connectivity index (χ0n) is 11.6. The summed E-state index contributed by atoms with van der Waals surface area (Å²) in [4.78, 5) is 1.06. The van der Waals surface area contributed by atoms with Gasteiger partial charge in [0, 0.05) is 22.9 Å². The molecule has 0 bridgehead atoms. The van der Waals surface area contributed by atoms with Gasteiger partial charge in [0.15, 0.2) is 11.5 Å². The molecule has 108 valence electrons. The first kappa shape index (κ1) is 14.8. The van der Waals surface area contributed by atoms with Gasteiger partial charge in [0.05, 0.1) is 20.3 Å². The van der Waals surface area contributed by atoms with E-state index < -0.39 is 6.10 Å². The van der Waals surface area contributed by atoms with Gasteiger partial charge in [-0.2, -0.15) is 0 Å². The Kier molecular flexibility index (Phi) is 5.00. The molecule has 0 aliphatic carbocycles. The molecule has 5 heteroatoms. The summed E-state index contributed by atoms with van der Waals surface area (Å²) in [6.45, 7) is 0.363. The largest absolute Gasteiger partial charge is 0.493 e. The SMILES string of the molecule is COc1cccc(C(O)C(CN)c2cccs2)c1OC. The van der Waals surface area contributed by atoms with Gasteiger partial charge in [-0.15, -0.1) is 11.3 Å². The molecule has 3 N–H and O–H groups in total. The third kappa shape index (κ3) is 2.80. The van der Waals surface area contributed by atoms with Gasteiger partial charge >= 0.3 is 0 Å². The highest BCUT2D eigenvalue weighted by Crippen LogP contribution is 2.40. The molecule has 1 aromatic heterocycles. The Hall–Kier alpha value is -1.56. The lowest BCUT2D eigenvalue weighted by atomic mass is 9.93. The van der Waals surface area contributed by atoms with E-state index in [2.05, 4.69) is 0 Å². The minimum absolute atomic E-state index is 0.156. The van der Waals surface area contributed by atoms with E-state index in [1.54, 1.807) is 31.6 Å². The standard InChI is InChI=1S/C15H19NO3S/c1-18-12-6-3-5-10(15(12)19-2)14(17)11(9-16)13-7-4-8-20-13/h3-8,11,14,17H,9,16H2,1-2H3. The van der Waals surface area contributed by atoms with Gasteiger partial charge in [0.2, 0.25) is 0 Å². The average Bonchev–Trinajstić information content (AvgIpc) is 3.00. The molecule has 2 aromatic rings. The Balaban J connectivity index is 2.39. The number of aliphatic hydroxyl groups excluding tert-OH is 1. The Morgan fingerprint density at radius 1 is 1.20 bits per heavy atom. The lowest BCUT2D eigenvalue weighted by molar-refractivity contribution is 0.144. The predicted octanol–water partition coefficient (Wildman–Crippen LogP) is 2.54. The highest BCUT2D eigenvalue weighted by Gasteiger charge is 2.26. The van der Waals surface area contributed by atoms with E-state index in [1.807, 2.05) is 29.6 Å². The molecule has 2 atom stereocenters. The van der Waals surface area contributed by atoms with Crippen molar-refractivity contribution in [1.29, 1.82) is 0 Å². The lowest BCUT2D eigenvalue weighted by Gasteiger charge is -2.23. The number of ether oxygens (including phenoxy) is 2. The maximum atomic E-state index is 10.7. The summed E-state index contributed by atoms with van der Waals surface area (Å²) in [6.07, 6.45) is -0.733. The van der Waals surface area contributed by atoms with E-state index in [0.717, 1.165) is 4.88 Å². The van der Waals surface area contributed by atoms with E-state index in [9.17, 15) is 5.11 Å². The van der Waals surface area contributed by atoms with Gasteiger partial charge < -0.3 is 20.3 Å². The summed E-state index contributed by atoms with van der Waals surface area (Å²) < 4.78 is 10.6. The first-order valence-corrected chi connectivity index (χ1v) is 7.23. The van der Waals surface area contributed by atoms with Crippen molar-refractivity contribution in [2.24, 2.45) is 5.73 Å². The molecule has 20 heavy (non-hydrogen) atoms. The van der Waals surface area contributed by atoms with Crippen LogP contribution in [-0.4, -0.2) is 25.9 Å². The minimum Gasteiger partial charge on any atom is -0.493 e. The summed E-state index contributed by atoms with van der Waals surface area (Å²) in [7, 11) is 3.14. The molecule has 2 unspecified atom stereocenters. The van der Waals surface area contributed by atoms with Crippen molar-refractivity contribution in [2.75, 3.05) is 20.8 Å². The minimum atomic E-state index is -0.733. The van der Waals surface area contributed by atoms with E-state index in [1.165, 1.54) is 0 Å². The molecular formula is C15H19NO3S. The number of aliphatic hydroxyl groups is 1. The second kappa shape index (κ2) is 6.74. The van der Waals surface area contributed by atoms with Crippen LogP contribution < -0.4 is 15.2 Å². The van der Waals surface area contributed by atoms with E-state index in [-0.39, 0.29) is 5.92 Å². The zero-order chi connectivity index (χ0) is 14.5. The van der Waals surface area contributed by atoms with Crippen LogP contribution in [-0.2, 0) is 0 Å². The molecular weight excluding hydrogens is 274 g/mol. The number of methoxy groups -OCH3 is 2. The van der Waals surface area contributed by atoms with Crippen LogP contribution in [0.4, 0.5) is 0 Å². The van der Waals surface area contributed by atoms with Crippen molar-refractivity contribution in [1.82, 2.24) is 0 Å². The summed E-state index contributed by atoms with van der Waals surface area (Å²) >= 11 is 1.59. The monoisotopic (exact) mass is 293 g/mol. The molecule has 1 aromatic carbocycles. The summed E-state index contributed by atoms with van der Waals surface area (Å²) in [5.74, 6) is 1.000. The fraction of sp³-hybridized carbons (Fsp3) is 0.333. The highest BCUT2D eigenvalue weighted by atomic mass is 32.1. The van der Waals surface area contributed by atoms with E-state index in [4.69, 9.17) is 15.2 Å². The summed E-state index contributed by atoms with van der Waals surface area (Å²) in [5, 5.41) is 12.7. The van der Waals surface area contributed by atoms with Crippen LogP contribution in [0, 0.1) is 0 Å². The van der Waals surface area contributed by atoms with Crippen LogP contribution in [0.25, 0.3) is 0 Å². The van der Waals surface area contributed by atoms with E-state index in [0.29, 0.717) is 23.6 Å². The van der Waals surface area contributed by atoms with Crippen molar-refractivity contribution in [3.8, 4) is 11.5 Å². The van der Waals surface area contributed by atoms with Gasteiger partial charge in [-0.1, -0.05) is 18.2 Å². The van der Waals surface area contributed by atoms with Crippen LogP contribution in [0.2, 0.25) is 0 Å². The fourth-order valence-corrected chi connectivity index (χ4v) is 3.14. The fourth-order valence-electron chi connectivity index (χ4n) is 2.26. The third-order valence-corrected chi connectivity index (χ3v) is 4.30. The molecule has 0 fully saturated rings. The highest BCUT2D eigenvalue weighted by molar-refractivity contribution is 7.10. The van der Waals surface area contributed by atoms with Crippen molar-refractivity contribution < 1.29 is 14.6 Å². The second-order valence-corrected chi connectivity index (χ2v) is 5.36. The number of rotatable bonds is 6. The number of para-hydroxylation sites is 1. The zero-order valence-corrected chi connectivity index (χ0v) is 12.4. The molecule has 0 radical (unpaired) electrons. The van der Waals surface area contributed by atoms with Crippen LogP contribution in [0.5, 0.6) is 11.5 Å². The number of thiophene rings is 1. The first-order chi connectivity index (χ1) is 9.72. The predicted molar refractivity (Wildman–Crippen MR) is 80.6 cm³/mol. The average molecular weight is 293 g/mol. The Morgan fingerprint density at radius 2 is 2.00 bits per heavy atom. The molecule has 4 nitrogen and oxygen atoms in total. The number of benzene rings is 1. The molecule has 1 heterocycles. The van der Waals surface area contributed by atoms with Crippen molar-refractivity contribution in [2.45, 2.75) is 12.0 Å². The molecule has 2 rings (SSSR count). The van der Waals surface area contributed by atoms with Gasteiger partial charge in [0.25, 0.3) is 0 Å². The topological polar surface area (TPSA) is 64.7 Å². The van der Waals surface area contributed by atoms with Gasteiger partial charge in [0.1, 0.15) is 0 Å². The molecule has 0 aliphatic rings. The summed E-state index contributed by atoms with van der Waals surface area (Å²) in [6, 6.07) is 9.41. The Morgan fingerprint density at radius 3 is 2.55 bits per heavy atom. The van der Waals surface area contributed by atoms with Crippen LogP contribution >= 0.6 is 11.3 Å². The number of nitrogens with two attached hydrogens (primary N) is 1. The van der Waals surface area contributed by atoms with Crippen LogP contribution in [0.1, 0.15) is 22.5 Å². The maximum Gasteiger partial charge on any atom is 0.166 e. The molecule has 0 spiro atoms. The van der Waals surface area contributed by atoms with Crippen LogP contribution in [0.15, 0.2) is 35.7 Å². The smallest absolute Gasteiger partial charge is 0.166 e. The normalized spacial score (nSPS) is 13.8. The van der Waals surface area contributed by atoms with Crippen LogP contribution in [0.3, 0.4) is 0 Å². The van der Waals surface area contributed by atoms with Gasteiger partial charge in [-0.25, -0.2) is 0 Å². The molecule has 0 saturated carbocycles. The van der Waals surface area contributed by atoms with Gasteiger partial charge in [-0.05, 0) is 17.5 Å². The number of hydrogen-bond acceptors (Lipinski definition) is 5. The van der Waals surface area contributed by atoms with Crippen molar-refractivity contribution >= 4 is 11.3 Å². The second-order valence-electron chi connectivity index (χ2n) is 4.39. The third-order valence-electron chi connectivity index (χ3n) is 3.30. The Labute approximate surface area is 122 Å². The molecule has 0 aliphatic heterocycles. The molecule has 0 amide bonds. The van der Waals surface area contributed by atoms with Crippen molar-refractivity contribution in [3.05, 3.63) is 46.2 Å². The first-order valence-electron chi connectivity index (χ1n) is 6.35. The number of hydrogen-bond donors (Lipinski definition) is 2. The quantitative estimate of drug-likeness (QED) is 0.859. The van der Waals surface area contributed by atoms with Crippen molar-refractivity contribution in [3.63, 3.8) is 0 Å². The summed E-state index contributed by atoms with van der Waals surface area (Å²) in [5.41, 5.74) is 6.53. The maximum absolute atomic E-state index is 10.7. The Bertz CT molecular complexity index is 542. The van der Waals surface area contributed by atoms with Gasteiger partial charge in [-0.3, -0.25) is 0 Å². The van der Waals surface area contributed by atoms with E-state index >= 15 is 0 Å². The molecule has 0 saturated heterocycles. The lowest BCUT2D eigenvalue weighted by Crippen LogP contribution is -2.19.